The maximum atomic E-state index is 13.9. The monoisotopic (exact) mass is 467 g/mol. The van der Waals surface area contributed by atoms with Gasteiger partial charge in [-0.05, 0) is 49.7 Å². The van der Waals surface area contributed by atoms with Gasteiger partial charge in [-0.1, -0.05) is 17.4 Å². The minimum absolute atomic E-state index is 0.0553. The summed E-state index contributed by atoms with van der Waals surface area (Å²) in [5.74, 6) is -0.235. The summed E-state index contributed by atoms with van der Waals surface area (Å²) < 4.78 is 30.8. The number of hydrogen-bond donors (Lipinski definition) is 0. The molecule has 0 bridgehead atoms. The SMILES string of the molecule is CCOc1ccc(C2c3c(oc4ccc(F)cc4c3=O)C(=O)N2c2nnc(C)s2)cc1OC. The van der Waals surface area contributed by atoms with Gasteiger partial charge in [0.05, 0.1) is 30.7 Å². The van der Waals surface area contributed by atoms with E-state index in [1.807, 2.05) is 6.92 Å². The van der Waals surface area contributed by atoms with E-state index in [0.29, 0.717) is 33.8 Å². The highest BCUT2D eigenvalue weighted by Gasteiger charge is 2.45. The van der Waals surface area contributed by atoms with Crippen molar-refractivity contribution in [1.29, 1.82) is 0 Å². The van der Waals surface area contributed by atoms with Gasteiger partial charge >= 0.3 is 0 Å². The number of carbonyl (C=O) groups excluding carboxylic acids is 1. The summed E-state index contributed by atoms with van der Waals surface area (Å²) in [7, 11) is 1.51. The molecule has 0 N–H and O–H groups in total. The number of carbonyl (C=O) groups is 1. The van der Waals surface area contributed by atoms with Crippen LogP contribution in [0.1, 0.15) is 39.7 Å². The summed E-state index contributed by atoms with van der Waals surface area (Å²) in [4.78, 5) is 28.4. The lowest BCUT2D eigenvalue weighted by Gasteiger charge is -2.23. The number of nitrogens with zero attached hydrogens (tertiary/aromatic N) is 3. The first kappa shape index (κ1) is 21.1. The topological polar surface area (TPSA) is 94.8 Å². The van der Waals surface area contributed by atoms with Crippen molar-refractivity contribution in [3.8, 4) is 11.5 Å². The molecule has 1 aliphatic rings. The van der Waals surface area contributed by atoms with Crippen LogP contribution in [0.4, 0.5) is 9.52 Å². The minimum Gasteiger partial charge on any atom is -0.493 e. The van der Waals surface area contributed by atoms with Crippen molar-refractivity contribution in [2.24, 2.45) is 0 Å². The molecular weight excluding hydrogens is 449 g/mol. The van der Waals surface area contributed by atoms with Crippen molar-refractivity contribution in [3.05, 3.63) is 74.3 Å². The fraction of sp³-hybridized carbons (Fsp3) is 0.217. The van der Waals surface area contributed by atoms with Crippen LogP contribution in [0.5, 0.6) is 11.5 Å². The number of ether oxygens (including phenoxy) is 2. The predicted molar refractivity (Wildman–Crippen MR) is 120 cm³/mol. The number of aromatic nitrogens is 2. The van der Waals surface area contributed by atoms with E-state index in [1.165, 1.54) is 35.5 Å². The Labute approximate surface area is 191 Å². The Bertz CT molecular complexity index is 1460. The second-order valence-corrected chi connectivity index (χ2v) is 8.50. The van der Waals surface area contributed by atoms with Gasteiger partial charge in [-0.25, -0.2) is 4.39 Å². The quantitative estimate of drug-likeness (QED) is 0.433. The van der Waals surface area contributed by atoms with Crippen LogP contribution in [-0.4, -0.2) is 29.8 Å². The van der Waals surface area contributed by atoms with Crippen LogP contribution in [0.15, 0.2) is 45.6 Å². The van der Waals surface area contributed by atoms with Crippen LogP contribution in [0, 0.1) is 12.7 Å². The summed E-state index contributed by atoms with van der Waals surface area (Å²) in [5.41, 5.74) is 0.336. The van der Waals surface area contributed by atoms with E-state index >= 15 is 0 Å². The largest absolute Gasteiger partial charge is 0.493 e. The van der Waals surface area contributed by atoms with Crippen molar-refractivity contribution in [3.63, 3.8) is 0 Å². The number of benzene rings is 2. The van der Waals surface area contributed by atoms with Crippen molar-refractivity contribution < 1.29 is 23.1 Å². The van der Waals surface area contributed by atoms with E-state index in [0.717, 1.165) is 6.07 Å². The molecule has 2 aromatic heterocycles. The highest BCUT2D eigenvalue weighted by Crippen LogP contribution is 2.43. The zero-order valence-corrected chi connectivity index (χ0v) is 18.7. The molecule has 1 amide bonds. The molecular formula is C23H18FN3O5S. The second kappa shape index (κ2) is 7.96. The van der Waals surface area contributed by atoms with Gasteiger partial charge in [-0.3, -0.25) is 14.5 Å². The van der Waals surface area contributed by atoms with Gasteiger partial charge in [0, 0.05) is 0 Å². The van der Waals surface area contributed by atoms with Crippen LogP contribution in [0.2, 0.25) is 0 Å². The Morgan fingerprint density at radius 2 is 1.97 bits per heavy atom. The standard InChI is InChI=1S/C23H18FN3O5S/c1-4-31-16-7-5-12(9-17(16)30-3)19-18-20(28)14-10-13(24)6-8-15(14)32-21(18)22(29)27(19)23-26-25-11(2)33-23/h5-10,19H,4H2,1-3H3. The van der Waals surface area contributed by atoms with Gasteiger partial charge in [0.1, 0.15) is 16.4 Å². The summed E-state index contributed by atoms with van der Waals surface area (Å²) >= 11 is 1.21. The van der Waals surface area contributed by atoms with Crippen molar-refractivity contribution in [2.75, 3.05) is 18.6 Å². The smallest absolute Gasteiger partial charge is 0.297 e. The van der Waals surface area contributed by atoms with Crippen molar-refractivity contribution in [1.82, 2.24) is 10.2 Å². The third-order valence-electron chi connectivity index (χ3n) is 5.36. The van der Waals surface area contributed by atoms with E-state index in [-0.39, 0.29) is 22.3 Å². The summed E-state index contributed by atoms with van der Waals surface area (Å²) in [6.07, 6.45) is 0. The third kappa shape index (κ3) is 3.34. The predicted octanol–water partition coefficient (Wildman–Crippen LogP) is 4.25. The summed E-state index contributed by atoms with van der Waals surface area (Å²) in [6, 6.07) is 7.92. The lowest BCUT2D eigenvalue weighted by Crippen LogP contribution is -2.29. The third-order valence-corrected chi connectivity index (χ3v) is 6.19. The molecule has 0 fully saturated rings. The first-order chi connectivity index (χ1) is 15.9. The number of rotatable bonds is 5. The van der Waals surface area contributed by atoms with E-state index in [2.05, 4.69) is 10.2 Å². The molecule has 0 aliphatic carbocycles. The molecule has 0 radical (unpaired) electrons. The fourth-order valence-corrected chi connectivity index (χ4v) is 4.68. The molecule has 5 rings (SSSR count). The van der Waals surface area contributed by atoms with Crippen LogP contribution < -0.4 is 19.8 Å². The number of fused-ring (bicyclic) bond motifs is 2. The van der Waals surface area contributed by atoms with E-state index < -0.39 is 23.2 Å². The molecule has 10 heteroatoms. The molecule has 1 aliphatic heterocycles. The Kier molecular flexibility index (Phi) is 5.09. The Balaban J connectivity index is 1.79. The summed E-state index contributed by atoms with van der Waals surface area (Å²) in [5, 5.41) is 9.17. The Morgan fingerprint density at radius 1 is 1.15 bits per heavy atom. The maximum Gasteiger partial charge on any atom is 0.297 e. The van der Waals surface area contributed by atoms with Gasteiger partial charge in [-0.2, -0.15) is 0 Å². The fourth-order valence-electron chi connectivity index (χ4n) is 3.97. The number of amides is 1. The zero-order chi connectivity index (χ0) is 23.3. The Morgan fingerprint density at radius 3 is 2.67 bits per heavy atom. The van der Waals surface area contributed by atoms with Crippen LogP contribution in [0.3, 0.4) is 0 Å². The van der Waals surface area contributed by atoms with Gasteiger partial charge in [0.15, 0.2) is 16.9 Å². The van der Waals surface area contributed by atoms with Gasteiger partial charge in [-0.15, -0.1) is 10.2 Å². The molecule has 1 unspecified atom stereocenters. The number of hydrogen-bond acceptors (Lipinski definition) is 8. The molecule has 0 saturated heterocycles. The maximum absolute atomic E-state index is 13.9. The molecule has 2 aromatic carbocycles. The molecule has 0 spiro atoms. The zero-order valence-electron chi connectivity index (χ0n) is 17.9. The number of methoxy groups -OCH3 is 1. The average Bonchev–Trinajstić information content (AvgIpc) is 3.36. The van der Waals surface area contributed by atoms with E-state index in [9.17, 15) is 14.0 Å². The molecule has 4 aromatic rings. The van der Waals surface area contributed by atoms with E-state index in [4.69, 9.17) is 13.9 Å². The van der Waals surface area contributed by atoms with Crippen molar-refractivity contribution in [2.45, 2.75) is 19.9 Å². The number of halogens is 1. The average molecular weight is 467 g/mol. The van der Waals surface area contributed by atoms with Gasteiger partial charge in [0.25, 0.3) is 5.91 Å². The lowest BCUT2D eigenvalue weighted by atomic mass is 9.98. The molecule has 3 heterocycles. The van der Waals surface area contributed by atoms with E-state index in [1.54, 1.807) is 25.1 Å². The van der Waals surface area contributed by atoms with Crippen LogP contribution >= 0.6 is 11.3 Å². The second-order valence-electron chi connectivity index (χ2n) is 7.34. The first-order valence-electron chi connectivity index (χ1n) is 10.1. The van der Waals surface area contributed by atoms with Gasteiger partial charge in [0.2, 0.25) is 10.9 Å². The molecule has 1 atom stereocenters. The van der Waals surface area contributed by atoms with Crippen LogP contribution in [0.25, 0.3) is 11.0 Å². The van der Waals surface area contributed by atoms with Crippen LogP contribution in [-0.2, 0) is 0 Å². The first-order valence-corrected chi connectivity index (χ1v) is 10.9. The number of aryl methyl sites for hydroxylation is 1. The molecule has 33 heavy (non-hydrogen) atoms. The molecule has 8 nitrogen and oxygen atoms in total. The number of anilines is 1. The van der Waals surface area contributed by atoms with Gasteiger partial charge < -0.3 is 13.9 Å². The van der Waals surface area contributed by atoms with Crippen molar-refractivity contribution >= 4 is 33.3 Å². The molecule has 168 valence electrons. The minimum atomic E-state index is -0.867. The normalized spacial score (nSPS) is 15.2. The highest BCUT2D eigenvalue weighted by molar-refractivity contribution is 7.15. The lowest BCUT2D eigenvalue weighted by molar-refractivity contribution is 0.0970. The highest BCUT2D eigenvalue weighted by atomic mass is 32.1. The molecule has 0 saturated carbocycles. The summed E-state index contributed by atoms with van der Waals surface area (Å²) in [6.45, 7) is 4.07. The Hall–Kier alpha value is -3.79.